The number of urea groups is 1. The van der Waals surface area contributed by atoms with Gasteiger partial charge < -0.3 is 15.0 Å². The monoisotopic (exact) mass is 276 g/mol. The minimum absolute atomic E-state index is 0.0152. The number of nitrogens with one attached hydrogen (secondary N) is 1. The maximum Gasteiger partial charge on any atom is 0.321 e. The van der Waals surface area contributed by atoms with Crippen molar-refractivity contribution in [3.05, 3.63) is 29.8 Å². The summed E-state index contributed by atoms with van der Waals surface area (Å²) in [6.07, 6.45) is 5.98. The van der Waals surface area contributed by atoms with E-state index in [1.54, 1.807) is 7.11 Å². The summed E-state index contributed by atoms with van der Waals surface area (Å²) in [6.45, 7) is 2.29. The second-order valence-electron chi connectivity index (χ2n) is 5.32. The number of benzene rings is 1. The van der Waals surface area contributed by atoms with E-state index in [-0.39, 0.29) is 6.03 Å². The molecular weight excluding hydrogens is 252 g/mol. The van der Waals surface area contributed by atoms with Crippen molar-refractivity contribution in [2.24, 2.45) is 0 Å². The van der Waals surface area contributed by atoms with Crippen LogP contribution in [0.1, 0.15) is 37.7 Å². The summed E-state index contributed by atoms with van der Waals surface area (Å²) in [5, 5.41) is 2.99. The van der Waals surface area contributed by atoms with E-state index in [4.69, 9.17) is 4.74 Å². The lowest BCUT2D eigenvalue weighted by Gasteiger charge is -2.25. The lowest BCUT2D eigenvalue weighted by Crippen LogP contribution is -2.37. The SMILES string of the molecule is COCc1cccc(NC(=O)N2CCCCCCC2)c1. The number of rotatable bonds is 3. The zero-order valence-corrected chi connectivity index (χ0v) is 12.2. The van der Waals surface area contributed by atoms with Gasteiger partial charge in [0.15, 0.2) is 0 Å². The number of amides is 2. The molecule has 1 aliphatic rings. The first-order chi connectivity index (χ1) is 9.79. The molecule has 0 radical (unpaired) electrons. The first-order valence-corrected chi connectivity index (χ1v) is 7.43. The molecule has 1 aromatic carbocycles. The lowest BCUT2D eigenvalue weighted by molar-refractivity contribution is 0.185. The Bertz CT molecular complexity index is 426. The molecule has 1 fully saturated rings. The highest BCUT2D eigenvalue weighted by Crippen LogP contribution is 2.14. The van der Waals surface area contributed by atoms with Gasteiger partial charge in [-0.1, -0.05) is 31.4 Å². The number of hydrogen-bond donors (Lipinski definition) is 1. The third-order valence-electron chi connectivity index (χ3n) is 3.63. The molecule has 0 aromatic heterocycles. The van der Waals surface area contributed by atoms with Gasteiger partial charge in [0.1, 0.15) is 0 Å². The van der Waals surface area contributed by atoms with Crippen molar-refractivity contribution in [2.75, 3.05) is 25.5 Å². The molecule has 0 spiro atoms. The standard InChI is InChI=1S/C16H24N2O2/c1-20-13-14-8-7-9-15(12-14)17-16(19)18-10-5-3-2-4-6-11-18/h7-9,12H,2-6,10-11,13H2,1H3,(H,17,19). The molecule has 1 aromatic rings. The molecule has 2 amide bonds. The molecule has 110 valence electrons. The molecule has 4 heteroatoms. The molecule has 1 aliphatic heterocycles. The van der Waals surface area contributed by atoms with E-state index < -0.39 is 0 Å². The Morgan fingerprint density at radius 3 is 2.60 bits per heavy atom. The predicted molar refractivity (Wildman–Crippen MR) is 80.8 cm³/mol. The van der Waals surface area contributed by atoms with Crippen LogP contribution in [0.5, 0.6) is 0 Å². The van der Waals surface area contributed by atoms with Crippen molar-refractivity contribution in [1.82, 2.24) is 4.90 Å². The molecule has 1 N–H and O–H groups in total. The van der Waals surface area contributed by atoms with E-state index >= 15 is 0 Å². The Morgan fingerprint density at radius 1 is 1.20 bits per heavy atom. The molecule has 4 nitrogen and oxygen atoms in total. The second-order valence-corrected chi connectivity index (χ2v) is 5.32. The van der Waals surface area contributed by atoms with Gasteiger partial charge in [-0.15, -0.1) is 0 Å². The van der Waals surface area contributed by atoms with Crippen LogP contribution in [0.4, 0.5) is 10.5 Å². The van der Waals surface area contributed by atoms with Gasteiger partial charge in [-0.2, -0.15) is 0 Å². The normalized spacial score (nSPS) is 16.4. The number of carbonyl (C=O) groups is 1. The Kier molecular flexibility index (Phi) is 5.87. The lowest BCUT2D eigenvalue weighted by atomic mass is 10.1. The first kappa shape index (κ1) is 14.9. The Labute approximate surface area is 121 Å². The quantitative estimate of drug-likeness (QED) is 0.916. The van der Waals surface area contributed by atoms with Gasteiger partial charge in [0.2, 0.25) is 0 Å². The van der Waals surface area contributed by atoms with Crippen LogP contribution in [-0.2, 0) is 11.3 Å². The molecule has 2 rings (SSSR count). The summed E-state index contributed by atoms with van der Waals surface area (Å²) in [6, 6.07) is 7.83. The van der Waals surface area contributed by atoms with Gasteiger partial charge in [-0.05, 0) is 30.5 Å². The van der Waals surface area contributed by atoms with Crippen LogP contribution < -0.4 is 5.32 Å². The van der Waals surface area contributed by atoms with Gasteiger partial charge in [-0.3, -0.25) is 0 Å². The largest absolute Gasteiger partial charge is 0.380 e. The van der Waals surface area contributed by atoms with E-state index in [2.05, 4.69) is 5.32 Å². The molecule has 20 heavy (non-hydrogen) atoms. The molecule has 1 saturated heterocycles. The molecule has 0 bridgehead atoms. The van der Waals surface area contributed by atoms with E-state index in [0.717, 1.165) is 37.2 Å². The maximum absolute atomic E-state index is 12.3. The number of nitrogens with zero attached hydrogens (tertiary/aromatic N) is 1. The van der Waals surface area contributed by atoms with Crippen LogP contribution in [0, 0.1) is 0 Å². The first-order valence-electron chi connectivity index (χ1n) is 7.43. The molecule has 0 aliphatic carbocycles. The third kappa shape index (κ3) is 4.53. The Balaban J connectivity index is 1.93. The van der Waals surface area contributed by atoms with Crippen LogP contribution in [0.3, 0.4) is 0 Å². The molecule has 0 saturated carbocycles. The number of ether oxygens (including phenoxy) is 1. The van der Waals surface area contributed by atoms with Crippen molar-refractivity contribution in [3.63, 3.8) is 0 Å². The minimum Gasteiger partial charge on any atom is -0.380 e. The summed E-state index contributed by atoms with van der Waals surface area (Å²) < 4.78 is 5.11. The van der Waals surface area contributed by atoms with Crippen LogP contribution in [0.15, 0.2) is 24.3 Å². The van der Waals surface area contributed by atoms with Gasteiger partial charge in [0, 0.05) is 25.9 Å². The molecular formula is C16H24N2O2. The fourth-order valence-corrected chi connectivity index (χ4v) is 2.56. The topological polar surface area (TPSA) is 41.6 Å². The highest BCUT2D eigenvalue weighted by atomic mass is 16.5. The second kappa shape index (κ2) is 7.90. The number of likely N-dealkylation sites (tertiary alicyclic amines) is 1. The van der Waals surface area contributed by atoms with E-state index in [1.807, 2.05) is 29.2 Å². The predicted octanol–water partition coefficient (Wildman–Crippen LogP) is 3.63. The average molecular weight is 276 g/mol. The number of carbonyl (C=O) groups excluding carboxylic acids is 1. The zero-order valence-electron chi connectivity index (χ0n) is 12.2. The Hall–Kier alpha value is -1.55. The highest BCUT2D eigenvalue weighted by Gasteiger charge is 2.14. The van der Waals surface area contributed by atoms with E-state index in [1.165, 1.54) is 19.3 Å². The smallest absolute Gasteiger partial charge is 0.321 e. The van der Waals surface area contributed by atoms with E-state index in [0.29, 0.717) is 6.61 Å². The van der Waals surface area contributed by atoms with Crippen molar-refractivity contribution in [3.8, 4) is 0 Å². The van der Waals surface area contributed by atoms with Crippen LogP contribution in [0.2, 0.25) is 0 Å². The summed E-state index contributed by atoms with van der Waals surface area (Å²) in [5.74, 6) is 0. The van der Waals surface area contributed by atoms with Gasteiger partial charge in [-0.25, -0.2) is 4.79 Å². The van der Waals surface area contributed by atoms with Crippen LogP contribution in [0.25, 0.3) is 0 Å². The van der Waals surface area contributed by atoms with Crippen molar-refractivity contribution < 1.29 is 9.53 Å². The summed E-state index contributed by atoms with van der Waals surface area (Å²) in [7, 11) is 1.67. The summed E-state index contributed by atoms with van der Waals surface area (Å²) >= 11 is 0. The van der Waals surface area contributed by atoms with Crippen molar-refractivity contribution in [2.45, 2.75) is 38.7 Å². The molecule has 0 unspecified atom stereocenters. The molecule has 1 heterocycles. The third-order valence-corrected chi connectivity index (χ3v) is 3.63. The van der Waals surface area contributed by atoms with Crippen LogP contribution in [-0.4, -0.2) is 31.1 Å². The minimum atomic E-state index is 0.0152. The number of methoxy groups -OCH3 is 1. The number of hydrogen-bond acceptors (Lipinski definition) is 2. The number of anilines is 1. The Morgan fingerprint density at radius 2 is 1.90 bits per heavy atom. The fraction of sp³-hybridized carbons (Fsp3) is 0.562. The molecule has 0 atom stereocenters. The fourth-order valence-electron chi connectivity index (χ4n) is 2.56. The average Bonchev–Trinajstić information content (AvgIpc) is 2.38. The highest BCUT2D eigenvalue weighted by molar-refractivity contribution is 5.89. The van der Waals surface area contributed by atoms with Crippen molar-refractivity contribution >= 4 is 11.7 Å². The van der Waals surface area contributed by atoms with E-state index in [9.17, 15) is 4.79 Å². The van der Waals surface area contributed by atoms with Gasteiger partial charge in [0.25, 0.3) is 0 Å². The zero-order chi connectivity index (χ0) is 14.2. The van der Waals surface area contributed by atoms with Crippen LogP contribution >= 0.6 is 0 Å². The maximum atomic E-state index is 12.3. The van der Waals surface area contributed by atoms with Gasteiger partial charge >= 0.3 is 6.03 Å². The van der Waals surface area contributed by atoms with Gasteiger partial charge in [0.05, 0.1) is 6.61 Å². The summed E-state index contributed by atoms with van der Waals surface area (Å²) in [5.41, 5.74) is 1.91. The summed E-state index contributed by atoms with van der Waals surface area (Å²) in [4.78, 5) is 14.2. The van der Waals surface area contributed by atoms with Crippen molar-refractivity contribution in [1.29, 1.82) is 0 Å².